The van der Waals surface area contributed by atoms with Gasteiger partial charge in [0.2, 0.25) is 5.91 Å². The second-order valence-corrected chi connectivity index (χ2v) is 8.84. The van der Waals surface area contributed by atoms with E-state index in [0.717, 1.165) is 29.0 Å². The molecule has 8 nitrogen and oxygen atoms in total. The zero-order chi connectivity index (χ0) is 24.8. The first-order valence-corrected chi connectivity index (χ1v) is 11.8. The minimum absolute atomic E-state index is 0.0108. The fraction of sp³-hybridized carbons (Fsp3) is 0.370. The third-order valence-electron chi connectivity index (χ3n) is 6.17. The predicted molar refractivity (Wildman–Crippen MR) is 132 cm³/mol. The van der Waals surface area contributed by atoms with Gasteiger partial charge in [-0.25, -0.2) is 0 Å². The van der Waals surface area contributed by atoms with Crippen molar-refractivity contribution in [2.24, 2.45) is 7.05 Å². The van der Waals surface area contributed by atoms with E-state index in [-0.39, 0.29) is 24.5 Å². The zero-order valence-electron chi connectivity index (χ0n) is 20.5. The Hall–Kier alpha value is -3.65. The highest BCUT2D eigenvalue weighted by atomic mass is 16.5. The van der Waals surface area contributed by atoms with Crippen molar-refractivity contribution in [2.45, 2.75) is 26.1 Å². The molecule has 184 valence electrons. The molecule has 35 heavy (non-hydrogen) atoms. The van der Waals surface area contributed by atoms with Gasteiger partial charge >= 0.3 is 0 Å². The maximum absolute atomic E-state index is 13.3. The molecule has 3 aromatic rings. The van der Waals surface area contributed by atoms with E-state index in [0.29, 0.717) is 31.9 Å². The summed E-state index contributed by atoms with van der Waals surface area (Å²) in [6, 6.07) is 19.5. The number of methoxy groups -OCH3 is 1. The number of aryl methyl sites for hydroxylation is 2. The first kappa shape index (κ1) is 24.5. The van der Waals surface area contributed by atoms with Gasteiger partial charge in [-0.3, -0.25) is 14.3 Å². The first-order valence-electron chi connectivity index (χ1n) is 11.8. The summed E-state index contributed by atoms with van der Waals surface area (Å²) in [4.78, 5) is 29.9. The largest absolute Gasteiger partial charge is 0.497 e. The lowest BCUT2D eigenvalue weighted by Gasteiger charge is -2.25. The fourth-order valence-corrected chi connectivity index (χ4v) is 4.31. The molecule has 1 aliphatic rings. The molecule has 0 radical (unpaired) electrons. The van der Waals surface area contributed by atoms with Crippen molar-refractivity contribution < 1.29 is 19.1 Å². The minimum atomic E-state index is -0.332. The molecule has 0 saturated carbocycles. The molecule has 2 amide bonds. The molecule has 2 aromatic carbocycles. The second-order valence-electron chi connectivity index (χ2n) is 8.84. The highest BCUT2D eigenvalue weighted by Crippen LogP contribution is 2.17. The van der Waals surface area contributed by atoms with Gasteiger partial charge in [0.25, 0.3) is 5.91 Å². The van der Waals surface area contributed by atoms with Crippen molar-refractivity contribution in [3.05, 3.63) is 83.2 Å². The van der Waals surface area contributed by atoms with Crippen LogP contribution in [-0.4, -0.2) is 70.8 Å². The third kappa shape index (κ3) is 6.27. The Balaban J connectivity index is 1.51. The number of aromatic nitrogens is 2. The van der Waals surface area contributed by atoms with Gasteiger partial charge < -0.3 is 19.3 Å². The van der Waals surface area contributed by atoms with Gasteiger partial charge in [0.15, 0.2) is 0 Å². The first-order chi connectivity index (χ1) is 16.9. The van der Waals surface area contributed by atoms with E-state index in [1.807, 2.05) is 54.3 Å². The van der Waals surface area contributed by atoms with Crippen molar-refractivity contribution in [1.82, 2.24) is 19.6 Å². The van der Waals surface area contributed by atoms with E-state index in [9.17, 15) is 9.59 Å². The molecule has 1 aliphatic heterocycles. The number of ether oxygens (including phenoxy) is 2. The Morgan fingerprint density at radius 3 is 2.54 bits per heavy atom. The third-order valence-corrected chi connectivity index (χ3v) is 6.17. The van der Waals surface area contributed by atoms with Crippen molar-refractivity contribution in [3.63, 3.8) is 0 Å². The van der Waals surface area contributed by atoms with Crippen molar-refractivity contribution in [3.8, 4) is 5.75 Å². The van der Waals surface area contributed by atoms with Crippen LogP contribution in [0.3, 0.4) is 0 Å². The SMILES string of the molecule is COc1cccc(CO[C@H]2CN(CCc3ccccc3)C(=O)CN(C(=O)c3cc(C)nn3C)C2)c1. The Kier molecular flexibility index (Phi) is 7.82. The predicted octanol–water partition coefficient (Wildman–Crippen LogP) is 2.85. The summed E-state index contributed by atoms with van der Waals surface area (Å²) >= 11 is 0. The van der Waals surface area contributed by atoms with Crippen LogP contribution in [-0.2, 0) is 29.6 Å². The average molecular weight is 477 g/mol. The summed E-state index contributed by atoms with van der Waals surface area (Å²) in [5, 5.41) is 4.29. The van der Waals surface area contributed by atoms with E-state index in [1.54, 1.807) is 29.8 Å². The Labute approximate surface area is 206 Å². The summed E-state index contributed by atoms with van der Waals surface area (Å²) in [6.07, 6.45) is 0.408. The molecule has 4 rings (SSSR count). The van der Waals surface area contributed by atoms with Gasteiger partial charge in [0.05, 0.1) is 25.5 Å². The van der Waals surface area contributed by atoms with E-state index >= 15 is 0 Å². The average Bonchev–Trinajstić information content (AvgIpc) is 3.12. The number of nitrogens with zero attached hydrogens (tertiary/aromatic N) is 4. The smallest absolute Gasteiger partial charge is 0.272 e. The molecule has 1 atom stereocenters. The lowest BCUT2D eigenvalue weighted by Crippen LogP contribution is -2.40. The molecule has 0 unspecified atom stereocenters. The molecule has 2 heterocycles. The normalized spacial score (nSPS) is 16.3. The molecule has 1 fully saturated rings. The summed E-state index contributed by atoms with van der Waals surface area (Å²) in [7, 11) is 3.37. The minimum Gasteiger partial charge on any atom is -0.497 e. The molecular formula is C27H32N4O4. The summed E-state index contributed by atoms with van der Waals surface area (Å²) < 4.78 is 13.1. The summed E-state index contributed by atoms with van der Waals surface area (Å²) in [5.74, 6) is 0.456. The molecule has 1 aromatic heterocycles. The standard InChI is InChI=1S/C27H32N4O4/c1-20-14-25(29(2)28-20)27(33)31-17-24(35-19-22-10-7-11-23(15-22)34-3)16-30(26(32)18-31)13-12-21-8-5-4-6-9-21/h4-11,14-15,24H,12-13,16-19H2,1-3H3/t24-/m0/s1. The molecule has 0 bridgehead atoms. The van der Waals surface area contributed by atoms with Crippen LogP contribution < -0.4 is 4.74 Å². The topological polar surface area (TPSA) is 76.9 Å². The van der Waals surface area contributed by atoms with Gasteiger partial charge in [-0.05, 0) is 42.7 Å². The number of rotatable bonds is 8. The number of hydrogen-bond donors (Lipinski definition) is 0. The summed E-state index contributed by atoms with van der Waals surface area (Å²) in [5.41, 5.74) is 3.35. The summed E-state index contributed by atoms with van der Waals surface area (Å²) in [6.45, 7) is 3.52. The van der Waals surface area contributed by atoms with Crippen molar-refractivity contribution in [1.29, 1.82) is 0 Å². The van der Waals surface area contributed by atoms with Crippen LogP contribution in [0.2, 0.25) is 0 Å². The van der Waals surface area contributed by atoms with Crippen LogP contribution in [0.5, 0.6) is 5.75 Å². The van der Waals surface area contributed by atoms with E-state index in [2.05, 4.69) is 17.2 Å². The van der Waals surface area contributed by atoms with Gasteiger partial charge in [-0.15, -0.1) is 0 Å². The van der Waals surface area contributed by atoms with Gasteiger partial charge in [0.1, 0.15) is 18.0 Å². The van der Waals surface area contributed by atoms with Crippen LogP contribution in [0.15, 0.2) is 60.7 Å². The molecule has 0 aliphatic carbocycles. The number of carbonyl (C=O) groups is 2. The molecular weight excluding hydrogens is 444 g/mol. The maximum atomic E-state index is 13.3. The highest BCUT2D eigenvalue weighted by molar-refractivity contribution is 5.95. The molecule has 0 spiro atoms. The van der Waals surface area contributed by atoms with E-state index < -0.39 is 0 Å². The maximum Gasteiger partial charge on any atom is 0.272 e. The van der Waals surface area contributed by atoms with Crippen LogP contribution in [0.1, 0.15) is 27.3 Å². The Bertz CT molecular complexity index is 1160. The van der Waals surface area contributed by atoms with Crippen LogP contribution >= 0.6 is 0 Å². The van der Waals surface area contributed by atoms with Gasteiger partial charge in [-0.2, -0.15) is 5.10 Å². The van der Waals surface area contributed by atoms with Gasteiger partial charge in [0, 0.05) is 26.7 Å². The van der Waals surface area contributed by atoms with Gasteiger partial charge in [-0.1, -0.05) is 42.5 Å². The lowest BCUT2D eigenvalue weighted by atomic mass is 10.1. The number of amides is 2. The lowest BCUT2D eigenvalue weighted by molar-refractivity contribution is -0.131. The Morgan fingerprint density at radius 1 is 1.06 bits per heavy atom. The van der Waals surface area contributed by atoms with Crippen LogP contribution in [0, 0.1) is 6.92 Å². The number of hydrogen-bond acceptors (Lipinski definition) is 5. The Morgan fingerprint density at radius 2 is 1.83 bits per heavy atom. The van der Waals surface area contributed by atoms with E-state index in [1.165, 1.54) is 0 Å². The van der Waals surface area contributed by atoms with Crippen molar-refractivity contribution >= 4 is 11.8 Å². The highest BCUT2D eigenvalue weighted by Gasteiger charge is 2.32. The number of benzene rings is 2. The monoisotopic (exact) mass is 476 g/mol. The van der Waals surface area contributed by atoms with E-state index in [4.69, 9.17) is 9.47 Å². The zero-order valence-corrected chi connectivity index (χ0v) is 20.5. The molecule has 0 N–H and O–H groups in total. The van der Waals surface area contributed by atoms with Crippen LogP contribution in [0.4, 0.5) is 0 Å². The molecule has 8 heteroatoms. The quantitative estimate of drug-likeness (QED) is 0.500. The molecule has 1 saturated heterocycles. The second kappa shape index (κ2) is 11.2. The fourth-order valence-electron chi connectivity index (χ4n) is 4.31. The number of carbonyl (C=O) groups excluding carboxylic acids is 2. The van der Waals surface area contributed by atoms with Crippen LogP contribution in [0.25, 0.3) is 0 Å². The van der Waals surface area contributed by atoms with Crippen molar-refractivity contribution in [2.75, 3.05) is 33.3 Å².